The summed E-state index contributed by atoms with van der Waals surface area (Å²) in [4.78, 5) is 8.56. The van der Waals surface area contributed by atoms with E-state index in [4.69, 9.17) is 9.26 Å². The summed E-state index contributed by atoms with van der Waals surface area (Å²) in [5.74, 6) is 1.11. The van der Waals surface area contributed by atoms with Gasteiger partial charge < -0.3 is 14.6 Å². The first-order valence-electron chi connectivity index (χ1n) is 5.88. The second kappa shape index (κ2) is 4.83. The van der Waals surface area contributed by atoms with Crippen molar-refractivity contribution in [3.05, 3.63) is 30.3 Å². The molecule has 2 aromatic heterocycles. The SMILES string of the molecule is COC1CNC(c2nc(-c3ccccn3)no2)C1. The number of ether oxygens (including phenoxy) is 1. The molecule has 1 fully saturated rings. The van der Waals surface area contributed by atoms with E-state index < -0.39 is 0 Å². The number of methoxy groups -OCH3 is 1. The van der Waals surface area contributed by atoms with Gasteiger partial charge in [-0.2, -0.15) is 4.98 Å². The maximum atomic E-state index is 5.29. The fourth-order valence-electron chi connectivity index (χ4n) is 2.05. The molecule has 1 saturated heterocycles. The Hall–Kier alpha value is -1.79. The molecule has 6 nitrogen and oxygen atoms in total. The third kappa shape index (κ3) is 2.12. The molecule has 0 aromatic carbocycles. The first kappa shape index (κ1) is 11.3. The van der Waals surface area contributed by atoms with Gasteiger partial charge in [0.1, 0.15) is 5.69 Å². The highest BCUT2D eigenvalue weighted by atomic mass is 16.5. The number of pyridine rings is 1. The van der Waals surface area contributed by atoms with E-state index in [1.54, 1.807) is 13.3 Å². The first-order valence-corrected chi connectivity index (χ1v) is 5.88. The van der Waals surface area contributed by atoms with Crippen LogP contribution in [0, 0.1) is 0 Å². The zero-order valence-electron chi connectivity index (χ0n) is 10.0. The van der Waals surface area contributed by atoms with Crippen molar-refractivity contribution in [2.24, 2.45) is 0 Å². The van der Waals surface area contributed by atoms with Crippen LogP contribution >= 0.6 is 0 Å². The maximum absolute atomic E-state index is 5.29. The van der Waals surface area contributed by atoms with Gasteiger partial charge in [-0.1, -0.05) is 11.2 Å². The Morgan fingerprint density at radius 3 is 3.11 bits per heavy atom. The van der Waals surface area contributed by atoms with E-state index in [0.29, 0.717) is 17.4 Å². The van der Waals surface area contributed by atoms with E-state index in [2.05, 4.69) is 20.4 Å². The molecular weight excluding hydrogens is 232 g/mol. The molecule has 0 spiro atoms. The van der Waals surface area contributed by atoms with Gasteiger partial charge >= 0.3 is 0 Å². The molecule has 0 aliphatic carbocycles. The molecule has 3 rings (SSSR count). The average Bonchev–Trinajstić information content (AvgIpc) is 3.08. The average molecular weight is 246 g/mol. The Bertz CT molecular complexity index is 514. The van der Waals surface area contributed by atoms with Crippen molar-refractivity contribution in [1.29, 1.82) is 0 Å². The Labute approximate surface area is 104 Å². The summed E-state index contributed by atoms with van der Waals surface area (Å²) in [6.45, 7) is 0.808. The van der Waals surface area contributed by atoms with Gasteiger partial charge in [-0.05, 0) is 18.6 Å². The monoisotopic (exact) mass is 246 g/mol. The molecule has 3 heterocycles. The van der Waals surface area contributed by atoms with E-state index in [9.17, 15) is 0 Å². The van der Waals surface area contributed by atoms with Gasteiger partial charge in [-0.25, -0.2) is 0 Å². The highest BCUT2D eigenvalue weighted by Gasteiger charge is 2.29. The van der Waals surface area contributed by atoms with Gasteiger partial charge in [0.25, 0.3) is 0 Å². The smallest absolute Gasteiger partial charge is 0.244 e. The van der Waals surface area contributed by atoms with Crippen molar-refractivity contribution >= 4 is 0 Å². The zero-order valence-corrected chi connectivity index (χ0v) is 10.0. The van der Waals surface area contributed by atoms with Gasteiger partial charge in [-0.3, -0.25) is 4.98 Å². The second-order valence-electron chi connectivity index (χ2n) is 4.23. The molecule has 2 atom stereocenters. The van der Waals surface area contributed by atoms with Crippen molar-refractivity contribution in [2.75, 3.05) is 13.7 Å². The lowest BCUT2D eigenvalue weighted by Gasteiger charge is -2.04. The molecule has 1 aliphatic heterocycles. The van der Waals surface area contributed by atoms with Gasteiger partial charge in [0.05, 0.1) is 12.1 Å². The van der Waals surface area contributed by atoms with Crippen LogP contribution in [-0.4, -0.2) is 34.9 Å². The predicted octanol–water partition coefficient (Wildman–Crippen LogP) is 1.18. The van der Waals surface area contributed by atoms with Crippen molar-refractivity contribution < 1.29 is 9.26 Å². The van der Waals surface area contributed by atoms with Crippen LogP contribution in [0.2, 0.25) is 0 Å². The summed E-state index contributed by atoms with van der Waals surface area (Å²) in [5, 5.41) is 7.25. The van der Waals surface area contributed by atoms with Gasteiger partial charge in [0.2, 0.25) is 11.7 Å². The summed E-state index contributed by atoms with van der Waals surface area (Å²) < 4.78 is 10.6. The Morgan fingerprint density at radius 1 is 1.44 bits per heavy atom. The lowest BCUT2D eigenvalue weighted by Crippen LogP contribution is -2.16. The molecular formula is C12H14N4O2. The first-order chi connectivity index (χ1) is 8.86. The number of nitrogens with one attached hydrogen (secondary N) is 1. The van der Waals surface area contributed by atoms with Crippen molar-refractivity contribution in [2.45, 2.75) is 18.6 Å². The molecule has 0 saturated carbocycles. The molecule has 1 aliphatic rings. The van der Waals surface area contributed by atoms with E-state index in [0.717, 1.165) is 13.0 Å². The molecule has 18 heavy (non-hydrogen) atoms. The summed E-state index contributed by atoms with van der Waals surface area (Å²) in [6, 6.07) is 5.67. The van der Waals surface area contributed by atoms with Gasteiger partial charge in [-0.15, -0.1) is 0 Å². The lowest BCUT2D eigenvalue weighted by molar-refractivity contribution is 0.116. The Kier molecular flexibility index (Phi) is 3.04. The molecule has 1 N–H and O–H groups in total. The lowest BCUT2D eigenvalue weighted by atomic mass is 10.2. The third-order valence-electron chi connectivity index (χ3n) is 3.06. The topological polar surface area (TPSA) is 73.1 Å². The largest absolute Gasteiger partial charge is 0.380 e. The van der Waals surface area contributed by atoms with Crippen LogP contribution in [0.5, 0.6) is 0 Å². The summed E-state index contributed by atoms with van der Waals surface area (Å²) >= 11 is 0. The van der Waals surface area contributed by atoms with Crippen LogP contribution in [0.25, 0.3) is 11.5 Å². The van der Waals surface area contributed by atoms with Crippen molar-refractivity contribution in [1.82, 2.24) is 20.4 Å². The molecule has 6 heteroatoms. The van der Waals surface area contributed by atoms with Gasteiger partial charge in [0.15, 0.2) is 0 Å². The fourth-order valence-corrected chi connectivity index (χ4v) is 2.05. The normalized spacial score (nSPS) is 23.4. The van der Waals surface area contributed by atoms with E-state index in [1.165, 1.54) is 0 Å². The summed E-state index contributed by atoms with van der Waals surface area (Å²) in [6.07, 6.45) is 2.76. The van der Waals surface area contributed by atoms with Crippen LogP contribution in [0.15, 0.2) is 28.9 Å². The van der Waals surface area contributed by atoms with E-state index in [1.807, 2.05) is 18.2 Å². The van der Waals surface area contributed by atoms with Crippen LogP contribution in [-0.2, 0) is 4.74 Å². The van der Waals surface area contributed by atoms with Gasteiger partial charge in [0, 0.05) is 19.9 Å². The minimum Gasteiger partial charge on any atom is -0.380 e. The molecule has 2 unspecified atom stereocenters. The number of nitrogens with zero attached hydrogens (tertiary/aromatic N) is 3. The quantitative estimate of drug-likeness (QED) is 0.876. The third-order valence-corrected chi connectivity index (χ3v) is 3.06. The molecule has 0 amide bonds. The minimum absolute atomic E-state index is 0.0694. The highest BCUT2D eigenvalue weighted by Crippen LogP contribution is 2.24. The maximum Gasteiger partial charge on any atom is 0.244 e. The molecule has 0 radical (unpaired) electrons. The fraction of sp³-hybridized carbons (Fsp3) is 0.417. The van der Waals surface area contributed by atoms with E-state index >= 15 is 0 Å². The van der Waals surface area contributed by atoms with Crippen LogP contribution in [0.3, 0.4) is 0 Å². The number of hydrogen-bond acceptors (Lipinski definition) is 6. The molecule has 2 aromatic rings. The van der Waals surface area contributed by atoms with Crippen molar-refractivity contribution in [3.8, 4) is 11.5 Å². The summed E-state index contributed by atoms with van der Waals surface area (Å²) in [7, 11) is 1.71. The second-order valence-corrected chi connectivity index (χ2v) is 4.23. The Morgan fingerprint density at radius 2 is 2.39 bits per heavy atom. The number of hydrogen-bond donors (Lipinski definition) is 1. The minimum atomic E-state index is 0.0694. The predicted molar refractivity (Wildman–Crippen MR) is 63.7 cm³/mol. The van der Waals surface area contributed by atoms with Crippen molar-refractivity contribution in [3.63, 3.8) is 0 Å². The van der Waals surface area contributed by atoms with Crippen LogP contribution in [0.4, 0.5) is 0 Å². The Balaban J connectivity index is 1.78. The van der Waals surface area contributed by atoms with Crippen LogP contribution < -0.4 is 5.32 Å². The molecule has 0 bridgehead atoms. The van der Waals surface area contributed by atoms with E-state index in [-0.39, 0.29) is 12.1 Å². The van der Waals surface area contributed by atoms with Crippen LogP contribution in [0.1, 0.15) is 18.4 Å². The summed E-state index contributed by atoms with van der Waals surface area (Å²) in [5.41, 5.74) is 0.716. The molecule has 94 valence electrons. The highest BCUT2D eigenvalue weighted by molar-refractivity contribution is 5.47. The number of rotatable bonds is 3. The number of aromatic nitrogens is 3. The zero-order chi connectivity index (χ0) is 12.4. The standard InChI is InChI=1S/C12H14N4O2/c1-17-8-6-10(14-7-8)12-15-11(16-18-12)9-4-2-3-5-13-9/h2-5,8,10,14H,6-7H2,1H3.